The van der Waals surface area contributed by atoms with Crippen molar-refractivity contribution in [1.82, 2.24) is 8.87 Å². The number of piperidine rings is 1. The zero-order valence-corrected chi connectivity index (χ0v) is 18.7. The van der Waals surface area contributed by atoms with Crippen molar-refractivity contribution in [2.24, 2.45) is 5.92 Å². The summed E-state index contributed by atoms with van der Waals surface area (Å²) in [5, 5.41) is 2.54. The first-order chi connectivity index (χ1) is 15.7. The van der Waals surface area contributed by atoms with E-state index in [4.69, 9.17) is 4.42 Å². The van der Waals surface area contributed by atoms with Crippen LogP contribution in [0.5, 0.6) is 0 Å². The molecule has 1 fully saturated rings. The summed E-state index contributed by atoms with van der Waals surface area (Å²) in [6.45, 7) is 2.69. The molecule has 0 aliphatic carbocycles. The summed E-state index contributed by atoms with van der Waals surface area (Å²) in [5.74, 6) is -2.96. The van der Waals surface area contributed by atoms with Crippen molar-refractivity contribution >= 4 is 32.7 Å². The van der Waals surface area contributed by atoms with Gasteiger partial charge in [0, 0.05) is 43.9 Å². The first-order valence-corrected chi connectivity index (χ1v) is 12.0. The number of nitrogens with one attached hydrogen (secondary N) is 1. The van der Waals surface area contributed by atoms with Gasteiger partial charge >= 0.3 is 5.76 Å². The Bertz CT molecular complexity index is 1360. The molecule has 3 aromatic rings. The monoisotopic (exact) mass is 479 g/mol. The Balaban J connectivity index is 1.38. The molecule has 0 atom stereocenters. The second-order valence-corrected chi connectivity index (χ2v) is 9.91. The number of rotatable bonds is 6. The molecule has 0 radical (unpaired) electrons. The van der Waals surface area contributed by atoms with E-state index in [9.17, 15) is 26.8 Å². The molecule has 0 unspecified atom stereocenters. The maximum absolute atomic E-state index is 13.3. The van der Waals surface area contributed by atoms with Gasteiger partial charge < -0.3 is 9.73 Å². The highest BCUT2D eigenvalue weighted by molar-refractivity contribution is 7.89. The molecule has 33 heavy (non-hydrogen) atoms. The normalized spacial score (nSPS) is 15.7. The van der Waals surface area contributed by atoms with Gasteiger partial charge in [-0.25, -0.2) is 22.0 Å². The molecule has 4 rings (SSSR count). The fourth-order valence-electron chi connectivity index (χ4n) is 4.06. The first kappa shape index (κ1) is 23.1. The molecule has 1 aliphatic heterocycles. The van der Waals surface area contributed by atoms with Gasteiger partial charge in [-0.15, -0.1) is 0 Å². The SMILES string of the molecule is CCn1c(=O)oc2cc(S(=O)(=O)N3CCC(CC(=O)Nc4ccc(F)c(F)c4)CC3)ccc21. The number of aromatic nitrogens is 1. The number of carbonyl (C=O) groups excluding carboxylic acids is 1. The number of hydrogen-bond donors (Lipinski definition) is 1. The minimum atomic E-state index is -3.79. The van der Waals surface area contributed by atoms with Gasteiger partial charge in [-0.3, -0.25) is 9.36 Å². The number of amides is 1. The molecule has 0 saturated carbocycles. The molecule has 1 N–H and O–H groups in total. The molecule has 2 heterocycles. The standard InChI is InChI=1S/C22H23F2N3O5S/c1-2-27-19-6-4-16(13-20(19)32-22(27)29)33(30,31)26-9-7-14(8-10-26)11-21(28)25-15-3-5-17(23)18(24)12-15/h3-6,12-14H,2,7-11H2,1H3,(H,25,28). The van der Waals surface area contributed by atoms with Crippen molar-refractivity contribution in [3.05, 3.63) is 58.6 Å². The van der Waals surface area contributed by atoms with Gasteiger partial charge in [0.25, 0.3) is 0 Å². The van der Waals surface area contributed by atoms with Crippen molar-refractivity contribution in [3.8, 4) is 0 Å². The van der Waals surface area contributed by atoms with Gasteiger partial charge in [0.05, 0.1) is 10.4 Å². The number of nitrogens with zero attached hydrogens (tertiary/aromatic N) is 2. The number of halogens is 2. The van der Waals surface area contributed by atoms with E-state index in [1.54, 1.807) is 13.0 Å². The average Bonchev–Trinajstić information content (AvgIpc) is 3.10. The Morgan fingerprint density at radius 1 is 1.12 bits per heavy atom. The Labute approximate surface area is 188 Å². The Hall–Kier alpha value is -3.05. The minimum absolute atomic E-state index is 0.0409. The molecule has 0 bridgehead atoms. The number of fused-ring (bicyclic) bond motifs is 1. The quantitative estimate of drug-likeness (QED) is 0.585. The van der Waals surface area contributed by atoms with Crippen LogP contribution in [0.1, 0.15) is 26.2 Å². The summed E-state index contributed by atoms with van der Waals surface area (Å²) in [6, 6.07) is 7.51. The molecule has 176 valence electrons. The number of aryl methyl sites for hydroxylation is 1. The van der Waals surface area contributed by atoms with Crippen molar-refractivity contribution in [2.75, 3.05) is 18.4 Å². The number of hydrogen-bond acceptors (Lipinski definition) is 5. The molecule has 1 amide bonds. The molecule has 8 nitrogen and oxygen atoms in total. The maximum atomic E-state index is 13.3. The fraction of sp³-hybridized carbons (Fsp3) is 0.364. The average molecular weight is 480 g/mol. The van der Waals surface area contributed by atoms with Crippen LogP contribution in [-0.4, -0.2) is 36.3 Å². The van der Waals surface area contributed by atoms with Crippen molar-refractivity contribution < 1.29 is 26.4 Å². The van der Waals surface area contributed by atoms with E-state index in [0.717, 1.165) is 12.1 Å². The van der Waals surface area contributed by atoms with E-state index in [2.05, 4.69) is 5.32 Å². The summed E-state index contributed by atoms with van der Waals surface area (Å²) in [5.41, 5.74) is 0.914. The lowest BCUT2D eigenvalue weighted by Crippen LogP contribution is -2.39. The number of anilines is 1. The molecular weight excluding hydrogens is 456 g/mol. The van der Waals surface area contributed by atoms with Crippen LogP contribution in [0.3, 0.4) is 0 Å². The van der Waals surface area contributed by atoms with E-state index >= 15 is 0 Å². The predicted octanol–water partition coefficient (Wildman–Crippen LogP) is 3.32. The lowest BCUT2D eigenvalue weighted by molar-refractivity contribution is -0.117. The van der Waals surface area contributed by atoms with E-state index in [-0.39, 0.29) is 47.5 Å². The molecule has 1 aromatic heterocycles. The Morgan fingerprint density at radius 2 is 1.85 bits per heavy atom. The highest BCUT2D eigenvalue weighted by Gasteiger charge is 2.31. The van der Waals surface area contributed by atoms with Crippen molar-refractivity contribution in [2.45, 2.75) is 37.6 Å². The summed E-state index contributed by atoms with van der Waals surface area (Å²) in [6.07, 6.45) is 1.11. The number of oxazole rings is 1. The van der Waals surface area contributed by atoms with Gasteiger partial charge in [0.15, 0.2) is 17.2 Å². The third-order valence-electron chi connectivity index (χ3n) is 5.84. The third-order valence-corrected chi connectivity index (χ3v) is 7.74. The minimum Gasteiger partial charge on any atom is -0.408 e. The van der Waals surface area contributed by atoms with Crippen LogP contribution in [0.4, 0.5) is 14.5 Å². The fourth-order valence-corrected chi connectivity index (χ4v) is 5.54. The lowest BCUT2D eigenvalue weighted by Gasteiger charge is -2.31. The highest BCUT2D eigenvalue weighted by atomic mass is 32.2. The van der Waals surface area contributed by atoms with Crippen LogP contribution >= 0.6 is 0 Å². The number of carbonyl (C=O) groups is 1. The van der Waals surface area contributed by atoms with Crippen LogP contribution in [-0.2, 0) is 21.4 Å². The van der Waals surface area contributed by atoms with E-state index < -0.39 is 27.4 Å². The summed E-state index contributed by atoms with van der Waals surface area (Å²) in [7, 11) is -3.79. The predicted molar refractivity (Wildman–Crippen MR) is 117 cm³/mol. The zero-order valence-electron chi connectivity index (χ0n) is 17.9. The van der Waals surface area contributed by atoms with Crippen molar-refractivity contribution in [3.63, 3.8) is 0 Å². The molecule has 0 spiro atoms. The smallest absolute Gasteiger partial charge is 0.408 e. The third kappa shape index (κ3) is 4.69. The number of benzene rings is 2. The largest absolute Gasteiger partial charge is 0.419 e. The first-order valence-electron chi connectivity index (χ1n) is 10.6. The van der Waals surface area contributed by atoms with E-state index in [1.165, 1.54) is 27.1 Å². The van der Waals surface area contributed by atoms with Gasteiger partial charge in [-0.1, -0.05) is 0 Å². The van der Waals surface area contributed by atoms with Crippen LogP contribution in [0.15, 0.2) is 50.5 Å². The Kier molecular flexibility index (Phi) is 6.35. The molecule has 11 heteroatoms. The molecule has 1 saturated heterocycles. The molecule has 2 aromatic carbocycles. The summed E-state index contributed by atoms with van der Waals surface area (Å²) in [4.78, 5) is 24.2. The topological polar surface area (TPSA) is 102 Å². The highest BCUT2D eigenvalue weighted by Crippen LogP contribution is 2.28. The van der Waals surface area contributed by atoms with Crippen LogP contribution < -0.4 is 11.1 Å². The van der Waals surface area contributed by atoms with Crippen LogP contribution in [0.25, 0.3) is 11.1 Å². The summed E-state index contributed by atoms with van der Waals surface area (Å²) < 4.78 is 60.4. The van der Waals surface area contributed by atoms with E-state index in [1.807, 2.05) is 0 Å². The maximum Gasteiger partial charge on any atom is 0.419 e. The van der Waals surface area contributed by atoms with Crippen molar-refractivity contribution in [1.29, 1.82) is 0 Å². The second kappa shape index (κ2) is 9.06. The van der Waals surface area contributed by atoms with Crippen LogP contribution in [0.2, 0.25) is 0 Å². The Morgan fingerprint density at radius 3 is 2.52 bits per heavy atom. The van der Waals surface area contributed by atoms with Crippen LogP contribution in [0, 0.1) is 17.6 Å². The molecular formula is C22H23F2N3O5S. The van der Waals surface area contributed by atoms with Gasteiger partial charge in [0.2, 0.25) is 15.9 Å². The second-order valence-electron chi connectivity index (χ2n) is 7.97. The van der Waals surface area contributed by atoms with E-state index in [0.29, 0.717) is 24.9 Å². The van der Waals surface area contributed by atoms with Gasteiger partial charge in [-0.2, -0.15) is 4.31 Å². The summed E-state index contributed by atoms with van der Waals surface area (Å²) >= 11 is 0. The lowest BCUT2D eigenvalue weighted by atomic mass is 9.94. The van der Waals surface area contributed by atoms with Gasteiger partial charge in [0.1, 0.15) is 0 Å². The molecule has 1 aliphatic rings. The zero-order chi connectivity index (χ0) is 23.8. The van der Waals surface area contributed by atoms with Gasteiger partial charge in [-0.05, 0) is 49.9 Å². The number of sulfonamides is 1.